The number of carbonyl (C=O) groups excluding carboxylic acids is 1. The molecular formula is C15H23ClN3O2+. The molecule has 2 N–H and O–H groups in total. The van der Waals surface area contributed by atoms with Crippen LogP contribution in [0, 0.1) is 0 Å². The van der Waals surface area contributed by atoms with Crippen molar-refractivity contribution in [2.45, 2.75) is 19.4 Å². The Morgan fingerprint density at radius 3 is 2.81 bits per heavy atom. The van der Waals surface area contributed by atoms with E-state index in [1.54, 1.807) is 18.2 Å². The molecule has 1 fully saturated rings. The van der Waals surface area contributed by atoms with Crippen LogP contribution in [0.5, 0.6) is 5.75 Å². The maximum atomic E-state index is 12.3. The number of piperazine rings is 1. The number of hydrogen-bond donors (Lipinski definition) is 2. The number of nitrogens with zero attached hydrogens (tertiary/aromatic N) is 1. The molecule has 0 radical (unpaired) electrons. The van der Waals surface area contributed by atoms with Crippen LogP contribution in [0.4, 0.5) is 0 Å². The van der Waals surface area contributed by atoms with Gasteiger partial charge in [-0.15, -0.1) is 0 Å². The number of likely N-dealkylation sites (N-methyl/N-ethyl adjacent to an activating group) is 1. The number of quaternary nitrogens is 1. The summed E-state index contributed by atoms with van der Waals surface area (Å²) in [6.07, 6.45) is 0.104. The minimum absolute atomic E-state index is 0.1000. The number of carbonyl (C=O) groups is 1. The molecule has 0 aliphatic carbocycles. The van der Waals surface area contributed by atoms with E-state index in [2.05, 4.69) is 12.5 Å². The van der Waals surface area contributed by atoms with E-state index < -0.39 is 6.10 Å². The van der Waals surface area contributed by atoms with Crippen LogP contribution in [-0.4, -0.2) is 50.2 Å². The lowest BCUT2D eigenvalue weighted by atomic mass is 10.2. The second-order valence-corrected chi connectivity index (χ2v) is 5.83. The molecule has 1 aromatic carbocycles. The van der Waals surface area contributed by atoms with Gasteiger partial charge >= 0.3 is 0 Å². The fourth-order valence-electron chi connectivity index (χ4n) is 2.25. The maximum absolute atomic E-state index is 12.3. The monoisotopic (exact) mass is 312 g/mol. The van der Waals surface area contributed by atoms with Crippen LogP contribution in [0.3, 0.4) is 0 Å². The summed E-state index contributed by atoms with van der Waals surface area (Å²) in [6.45, 7) is 5.73. The molecular weight excluding hydrogens is 290 g/mol. The van der Waals surface area contributed by atoms with Gasteiger partial charge in [-0.25, -0.2) is 5.01 Å². The third-order valence-electron chi connectivity index (χ3n) is 3.62. The van der Waals surface area contributed by atoms with Crippen LogP contribution in [0.2, 0.25) is 5.02 Å². The third-order valence-corrected chi connectivity index (χ3v) is 3.86. The first-order chi connectivity index (χ1) is 10.1. The molecule has 1 atom stereocenters. The minimum atomic E-state index is -0.504. The van der Waals surface area contributed by atoms with Gasteiger partial charge in [0.1, 0.15) is 5.75 Å². The summed E-state index contributed by atoms with van der Waals surface area (Å²) >= 11 is 5.93. The molecule has 0 aromatic heterocycles. The number of halogens is 1. The van der Waals surface area contributed by atoms with Crippen molar-refractivity contribution in [1.29, 1.82) is 0 Å². The first-order valence-corrected chi connectivity index (χ1v) is 7.75. The van der Waals surface area contributed by atoms with Gasteiger partial charge in [0.05, 0.1) is 33.2 Å². The molecule has 1 heterocycles. The van der Waals surface area contributed by atoms with Gasteiger partial charge in [-0.2, -0.15) is 0 Å². The van der Waals surface area contributed by atoms with Gasteiger partial charge in [-0.1, -0.05) is 24.6 Å². The lowest BCUT2D eigenvalue weighted by Crippen LogP contribution is -3.12. The van der Waals surface area contributed by atoms with Crippen molar-refractivity contribution in [2.24, 2.45) is 0 Å². The molecule has 0 saturated carbocycles. The van der Waals surface area contributed by atoms with Gasteiger partial charge in [-0.3, -0.25) is 10.2 Å². The van der Waals surface area contributed by atoms with Gasteiger partial charge in [0.15, 0.2) is 6.10 Å². The van der Waals surface area contributed by atoms with Crippen LogP contribution in [-0.2, 0) is 4.79 Å². The van der Waals surface area contributed by atoms with Gasteiger partial charge in [0.25, 0.3) is 5.91 Å². The van der Waals surface area contributed by atoms with Crippen LogP contribution >= 0.6 is 11.6 Å². The van der Waals surface area contributed by atoms with Crippen molar-refractivity contribution in [3.63, 3.8) is 0 Å². The largest absolute Gasteiger partial charge is 0.481 e. The number of benzene rings is 1. The standard InChI is InChI=1S/C15H22ClN3O2/c1-3-14(21-13-6-4-5-12(16)11-13)15(20)17-19-9-7-18(2)8-10-19/h4-6,11,14H,3,7-10H2,1-2H3,(H,17,20)/p+1/t14-/m1/s1. The summed E-state index contributed by atoms with van der Waals surface area (Å²) in [5, 5.41) is 2.57. The first-order valence-electron chi connectivity index (χ1n) is 7.37. The molecule has 1 aliphatic rings. The topological polar surface area (TPSA) is 46.0 Å². The molecule has 0 unspecified atom stereocenters. The van der Waals surface area contributed by atoms with Gasteiger partial charge in [-0.05, 0) is 24.6 Å². The molecule has 2 rings (SSSR count). The predicted molar refractivity (Wildman–Crippen MR) is 82.5 cm³/mol. The summed E-state index contributed by atoms with van der Waals surface area (Å²) in [4.78, 5) is 13.8. The smallest absolute Gasteiger partial charge is 0.275 e. The van der Waals surface area contributed by atoms with E-state index in [1.165, 1.54) is 4.90 Å². The molecule has 0 spiro atoms. The molecule has 0 bridgehead atoms. The zero-order chi connectivity index (χ0) is 15.2. The molecule has 1 amide bonds. The van der Waals surface area contributed by atoms with Crippen molar-refractivity contribution >= 4 is 17.5 Å². The van der Waals surface area contributed by atoms with Crippen molar-refractivity contribution < 1.29 is 14.4 Å². The second-order valence-electron chi connectivity index (χ2n) is 5.39. The quantitative estimate of drug-likeness (QED) is 0.825. The lowest BCUT2D eigenvalue weighted by Gasteiger charge is -2.31. The van der Waals surface area contributed by atoms with Gasteiger partial charge in [0.2, 0.25) is 0 Å². The first kappa shape index (κ1) is 16.1. The molecule has 1 saturated heterocycles. The highest BCUT2D eigenvalue weighted by atomic mass is 35.5. The number of hydrazine groups is 1. The Hall–Kier alpha value is -1.30. The zero-order valence-electron chi connectivity index (χ0n) is 12.6. The molecule has 5 nitrogen and oxygen atoms in total. The Labute approximate surface area is 130 Å². The van der Waals surface area contributed by atoms with E-state index in [0.717, 1.165) is 26.2 Å². The summed E-state index contributed by atoms with van der Waals surface area (Å²) in [7, 11) is 2.16. The van der Waals surface area contributed by atoms with E-state index >= 15 is 0 Å². The second kappa shape index (κ2) is 7.64. The number of ether oxygens (including phenoxy) is 1. The molecule has 1 aliphatic heterocycles. The van der Waals surface area contributed by atoms with Gasteiger partial charge in [0, 0.05) is 5.02 Å². The summed E-state index contributed by atoms with van der Waals surface area (Å²) in [5.41, 5.74) is 2.95. The normalized spacial score (nSPS) is 18.2. The van der Waals surface area contributed by atoms with E-state index in [-0.39, 0.29) is 5.91 Å². The molecule has 116 valence electrons. The Morgan fingerprint density at radius 1 is 1.48 bits per heavy atom. The van der Waals surface area contributed by atoms with Crippen molar-refractivity contribution in [2.75, 3.05) is 33.2 Å². The van der Waals surface area contributed by atoms with Crippen LogP contribution in [0.1, 0.15) is 13.3 Å². The third kappa shape index (κ3) is 4.88. The zero-order valence-corrected chi connectivity index (χ0v) is 13.3. The fourth-order valence-corrected chi connectivity index (χ4v) is 2.44. The minimum Gasteiger partial charge on any atom is -0.481 e. The van der Waals surface area contributed by atoms with E-state index in [0.29, 0.717) is 17.2 Å². The lowest BCUT2D eigenvalue weighted by molar-refractivity contribution is -0.884. The number of nitrogens with one attached hydrogen (secondary N) is 2. The average Bonchev–Trinajstić information content (AvgIpc) is 2.47. The summed E-state index contributed by atoms with van der Waals surface area (Å²) in [5.74, 6) is 0.518. The SMILES string of the molecule is CC[C@@H](Oc1cccc(Cl)c1)C(=O)NN1CC[NH+](C)CC1. The maximum Gasteiger partial charge on any atom is 0.275 e. The van der Waals surface area contributed by atoms with Crippen molar-refractivity contribution in [3.8, 4) is 5.75 Å². The number of rotatable bonds is 5. The van der Waals surface area contributed by atoms with Crippen LogP contribution < -0.4 is 15.1 Å². The van der Waals surface area contributed by atoms with E-state index in [4.69, 9.17) is 16.3 Å². The highest BCUT2D eigenvalue weighted by Crippen LogP contribution is 2.19. The Morgan fingerprint density at radius 2 is 2.19 bits per heavy atom. The summed E-state index contributed by atoms with van der Waals surface area (Å²) < 4.78 is 5.74. The highest BCUT2D eigenvalue weighted by molar-refractivity contribution is 6.30. The molecule has 1 aromatic rings. The predicted octanol–water partition coefficient (Wildman–Crippen LogP) is 0.359. The van der Waals surface area contributed by atoms with E-state index in [9.17, 15) is 4.79 Å². The van der Waals surface area contributed by atoms with E-state index in [1.807, 2.05) is 18.0 Å². The Kier molecular flexibility index (Phi) is 5.85. The summed E-state index contributed by atoms with van der Waals surface area (Å²) in [6, 6.07) is 7.12. The number of amides is 1. The van der Waals surface area contributed by atoms with Crippen molar-refractivity contribution in [3.05, 3.63) is 29.3 Å². The highest BCUT2D eigenvalue weighted by Gasteiger charge is 2.23. The van der Waals surface area contributed by atoms with Crippen LogP contribution in [0.15, 0.2) is 24.3 Å². The average molecular weight is 313 g/mol. The van der Waals surface area contributed by atoms with Crippen molar-refractivity contribution in [1.82, 2.24) is 10.4 Å². The number of hydrogen-bond acceptors (Lipinski definition) is 3. The Bertz CT molecular complexity index is 476. The van der Waals surface area contributed by atoms with Crippen LogP contribution in [0.25, 0.3) is 0 Å². The molecule has 21 heavy (non-hydrogen) atoms. The molecule has 6 heteroatoms. The van der Waals surface area contributed by atoms with Gasteiger partial charge < -0.3 is 9.64 Å². The Balaban J connectivity index is 1.89. The fraction of sp³-hybridized carbons (Fsp3) is 0.533.